The second kappa shape index (κ2) is 8.86. The van der Waals surface area contributed by atoms with E-state index in [4.69, 9.17) is 0 Å². The first-order chi connectivity index (χ1) is 12.4. The van der Waals surface area contributed by atoms with E-state index < -0.39 is 10.7 Å². The molecule has 1 heterocycles. The third-order valence-electron chi connectivity index (χ3n) is 3.97. The molecule has 0 unspecified atom stereocenters. The summed E-state index contributed by atoms with van der Waals surface area (Å²) < 4.78 is 12.1. The van der Waals surface area contributed by atoms with E-state index in [-0.39, 0.29) is 16.3 Å². The van der Waals surface area contributed by atoms with Crippen LogP contribution >= 0.6 is 0 Å². The maximum absolute atomic E-state index is 12.1. The van der Waals surface area contributed by atoms with Crippen LogP contribution in [0.2, 0.25) is 0 Å². The zero-order valence-corrected chi connectivity index (χ0v) is 14.2. The van der Waals surface area contributed by atoms with Gasteiger partial charge in [-0.1, -0.05) is 0 Å². The highest BCUT2D eigenvalue weighted by Crippen LogP contribution is 2.20. The van der Waals surface area contributed by atoms with Crippen LogP contribution in [0.15, 0.2) is 48.5 Å². The van der Waals surface area contributed by atoms with Crippen LogP contribution in [0.1, 0.15) is 0 Å². The van der Waals surface area contributed by atoms with Gasteiger partial charge < -0.3 is 9.80 Å². The van der Waals surface area contributed by atoms with E-state index in [0.717, 1.165) is 56.1 Å². The van der Waals surface area contributed by atoms with Crippen molar-refractivity contribution in [2.45, 2.75) is 0 Å². The minimum atomic E-state index is -0.570. The summed E-state index contributed by atoms with van der Waals surface area (Å²) in [6.07, 6.45) is 0. The Morgan fingerprint density at radius 1 is 0.808 bits per heavy atom. The number of non-ortho nitro benzene ring substituents is 2. The van der Waals surface area contributed by atoms with Crippen LogP contribution < -0.4 is 4.90 Å². The van der Waals surface area contributed by atoms with Gasteiger partial charge in [-0.05, 0) is 31.3 Å². The predicted molar refractivity (Wildman–Crippen MR) is 95.9 cm³/mol. The fraction of sp³-hybridized carbons (Fsp3) is 0.294. The lowest BCUT2D eigenvalue weighted by Crippen LogP contribution is -2.44. The van der Waals surface area contributed by atoms with Gasteiger partial charge in [0.15, 0.2) is 0 Å². The van der Waals surface area contributed by atoms with Crippen LogP contribution in [0.3, 0.4) is 0 Å². The summed E-state index contributed by atoms with van der Waals surface area (Å²) in [5.41, 5.74) is 1.12. The summed E-state index contributed by atoms with van der Waals surface area (Å²) in [6.45, 7) is 4.04. The number of piperazine rings is 1. The number of hydrogen-bond acceptors (Lipinski definition) is 6. The molecule has 138 valence electrons. The Morgan fingerprint density at radius 3 is 1.65 bits per heavy atom. The molecule has 1 aliphatic rings. The van der Waals surface area contributed by atoms with E-state index in [1.807, 2.05) is 12.1 Å². The van der Waals surface area contributed by atoms with Gasteiger partial charge in [-0.3, -0.25) is 20.2 Å². The molecule has 9 heteroatoms. The van der Waals surface area contributed by atoms with Crippen LogP contribution in [0.4, 0.5) is 21.5 Å². The molecule has 8 nitrogen and oxygen atoms in total. The van der Waals surface area contributed by atoms with Crippen molar-refractivity contribution in [1.82, 2.24) is 4.90 Å². The average Bonchev–Trinajstić information content (AvgIpc) is 2.63. The van der Waals surface area contributed by atoms with Gasteiger partial charge in [-0.2, -0.15) is 0 Å². The summed E-state index contributed by atoms with van der Waals surface area (Å²) in [6, 6.07) is 11.1. The number of anilines is 1. The van der Waals surface area contributed by atoms with Gasteiger partial charge in [0.05, 0.1) is 9.85 Å². The average molecular weight is 362 g/mol. The SMILES string of the molecule is CN1CCN(c2ccc([N+](=O)[O-])cc2)CC1.O=[N+]([O-])c1ccc(F)cc1. The quantitative estimate of drug-likeness (QED) is 0.615. The largest absolute Gasteiger partial charge is 0.369 e. The minimum absolute atomic E-state index is 0.0959. The molecule has 1 aliphatic heterocycles. The van der Waals surface area contributed by atoms with Crippen LogP contribution in [0, 0.1) is 26.0 Å². The van der Waals surface area contributed by atoms with E-state index in [0.29, 0.717) is 0 Å². The predicted octanol–water partition coefficient (Wildman–Crippen LogP) is 3.08. The summed E-state index contributed by atoms with van der Waals surface area (Å²) in [4.78, 5) is 24.1. The lowest BCUT2D eigenvalue weighted by molar-refractivity contribution is -0.385. The number of rotatable bonds is 3. The molecule has 0 aliphatic carbocycles. The normalized spacial score (nSPS) is 14.3. The van der Waals surface area contributed by atoms with Crippen molar-refractivity contribution in [2.24, 2.45) is 0 Å². The number of nitro benzene ring substituents is 2. The van der Waals surface area contributed by atoms with Crippen molar-refractivity contribution < 1.29 is 14.2 Å². The summed E-state index contributed by atoms with van der Waals surface area (Å²) in [7, 11) is 2.10. The molecule has 1 fully saturated rings. The van der Waals surface area contributed by atoms with Gasteiger partial charge >= 0.3 is 0 Å². The van der Waals surface area contributed by atoms with Gasteiger partial charge in [-0.15, -0.1) is 0 Å². The molecular formula is C17H19FN4O4. The molecule has 0 N–H and O–H groups in total. The number of hydrogen-bond donors (Lipinski definition) is 0. The van der Waals surface area contributed by atoms with E-state index >= 15 is 0 Å². The molecule has 0 spiro atoms. The second-order valence-corrected chi connectivity index (χ2v) is 5.80. The molecule has 0 amide bonds. The van der Waals surface area contributed by atoms with E-state index in [1.165, 1.54) is 0 Å². The third kappa shape index (κ3) is 5.49. The molecule has 26 heavy (non-hydrogen) atoms. The van der Waals surface area contributed by atoms with Crippen molar-refractivity contribution >= 4 is 17.1 Å². The minimum Gasteiger partial charge on any atom is -0.369 e. The maximum atomic E-state index is 12.1. The van der Waals surface area contributed by atoms with E-state index in [2.05, 4.69) is 16.8 Å². The highest BCUT2D eigenvalue weighted by atomic mass is 19.1. The first kappa shape index (κ1) is 19.3. The molecule has 0 atom stereocenters. The Bertz CT molecular complexity index is 744. The zero-order chi connectivity index (χ0) is 19.1. The molecule has 2 aromatic rings. The molecular weight excluding hydrogens is 343 g/mol. The number of nitrogens with zero attached hydrogens (tertiary/aromatic N) is 4. The Hall–Kier alpha value is -3.07. The Balaban J connectivity index is 0.000000209. The molecule has 1 saturated heterocycles. The fourth-order valence-corrected chi connectivity index (χ4v) is 2.41. The van der Waals surface area contributed by atoms with Gasteiger partial charge in [0.2, 0.25) is 0 Å². The summed E-state index contributed by atoms with van der Waals surface area (Å²) in [5, 5.41) is 20.5. The molecule has 0 bridgehead atoms. The van der Waals surface area contributed by atoms with Gasteiger partial charge in [-0.25, -0.2) is 4.39 Å². The van der Waals surface area contributed by atoms with Crippen molar-refractivity contribution in [3.05, 3.63) is 74.6 Å². The van der Waals surface area contributed by atoms with Crippen molar-refractivity contribution in [1.29, 1.82) is 0 Å². The van der Waals surface area contributed by atoms with Crippen LogP contribution in [0.5, 0.6) is 0 Å². The first-order valence-corrected chi connectivity index (χ1v) is 7.94. The second-order valence-electron chi connectivity index (χ2n) is 5.80. The molecule has 2 aromatic carbocycles. The van der Waals surface area contributed by atoms with Crippen molar-refractivity contribution in [2.75, 3.05) is 38.1 Å². The standard InChI is InChI=1S/C11H15N3O2.C6H4FNO2/c1-12-6-8-13(9-7-12)10-2-4-11(5-3-10)14(15)16;7-5-1-3-6(4-2-5)8(9)10/h2-5H,6-9H2,1H3;1-4H. The molecule has 0 aromatic heterocycles. The Labute approximate surface area is 149 Å². The molecule has 3 rings (SSSR count). The van der Waals surface area contributed by atoms with Crippen molar-refractivity contribution in [3.63, 3.8) is 0 Å². The van der Waals surface area contributed by atoms with Crippen LogP contribution in [0.25, 0.3) is 0 Å². The van der Waals surface area contributed by atoms with Gasteiger partial charge in [0, 0.05) is 56.1 Å². The lowest BCUT2D eigenvalue weighted by atomic mass is 10.2. The van der Waals surface area contributed by atoms with Gasteiger partial charge in [0.1, 0.15) is 5.82 Å². The molecule has 0 saturated carbocycles. The van der Waals surface area contributed by atoms with Crippen LogP contribution in [-0.2, 0) is 0 Å². The topological polar surface area (TPSA) is 92.8 Å². The monoisotopic (exact) mass is 362 g/mol. The zero-order valence-electron chi connectivity index (χ0n) is 14.2. The summed E-state index contributed by atoms with van der Waals surface area (Å²) >= 11 is 0. The van der Waals surface area contributed by atoms with Crippen molar-refractivity contribution in [3.8, 4) is 0 Å². The maximum Gasteiger partial charge on any atom is 0.269 e. The number of benzene rings is 2. The third-order valence-corrected chi connectivity index (χ3v) is 3.97. The smallest absolute Gasteiger partial charge is 0.269 e. The Morgan fingerprint density at radius 2 is 1.23 bits per heavy atom. The highest BCUT2D eigenvalue weighted by Gasteiger charge is 2.15. The van der Waals surface area contributed by atoms with E-state index in [9.17, 15) is 24.6 Å². The lowest BCUT2D eigenvalue weighted by Gasteiger charge is -2.33. The summed E-state index contributed by atoms with van der Waals surface area (Å²) in [5.74, 6) is -0.467. The van der Waals surface area contributed by atoms with Gasteiger partial charge in [0.25, 0.3) is 11.4 Å². The fourth-order valence-electron chi connectivity index (χ4n) is 2.41. The Kier molecular flexibility index (Phi) is 6.56. The number of halogens is 1. The number of likely N-dealkylation sites (N-methyl/N-ethyl adjacent to an activating group) is 1. The highest BCUT2D eigenvalue weighted by molar-refractivity contribution is 5.51. The number of nitro groups is 2. The van der Waals surface area contributed by atoms with E-state index in [1.54, 1.807) is 12.1 Å². The first-order valence-electron chi connectivity index (χ1n) is 7.94. The molecule has 0 radical (unpaired) electrons. The van der Waals surface area contributed by atoms with Crippen LogP contribution in [-0.4, -0.2) is 48.0 Å².